The number of carboxylic acid groups (broad SMARTS) is 1. The van der Waals surface area contributed by atoms with Gasteiger partial charge in [0.25, 0.3) is 0 Å². The molecule has 2 amide bonds. The summed E-state index contributed by atoms with van der Waals surface area (Å²) in [5.74, 6) is -2.08. The Morgan fingerprint density at radius 3 is 2.61 bits per heavy atom. The fourth-order valence-corrected chi connectivity index (χ4v) is 7.34. The Labute approximate surface area is 273 Å². The highest BCUT2D eigenvalue weighted by Crippen LogP contribution is 2.39. The second kappa shape index (κ2) is 13.3. The van der Waals surface area contributed by atoms with Crippen LogP contribution in [0.2, 0.25) is 5.02 Å². The van der Waals surface area contributed by atoms with E-state index in [2.05, 4.69) is 15.2 Å². The van der Waals surface area contributed by atoms with E-state index in [1.807, 2.05) is 17.3 Å². The third-order valence-electron chi connectivity index (χ3n) is 8.64. The number of anilines is 1. The molecule has 3 aliphatic heterocycles. The number of ether oxygens (including phenoxy) is 1. The highest BCUT2D eigenvalue weighted by molar-refractivity contribution is 7.11. The lowest BCUT2D eigenvalue weighted by molar-refractivity contribution is -0.136. The number of carboxylic acids is 1. The number of urea groups is 1. The monoisotopic (exact) mass is 666 g/mol. The predicted molar refractivity (Wildman–Crippen MR) is 172 cm³/mol. The Kier molecular flexibility index (Phi) is 9.18. The van der Waals surface area contributed by atoms with E-state index in [0.29, 0.717) is 66.7 Å². The molecular formula is C32H32ClFN6O5S. The van der Waals surface area contributed by atoms with Crippen molar-refractivity contribution in [3.05, 3.63) is 92.2 Å². The van der Waals surface area contributed by atoms with Gasteiger partial charge in [0.15, 0.2) is 0 Å². The molecule has 2 N–H and O–H groups in total. The molecule has 1 unspecified atom stereocenters. The Morgan fingerprint density at radius 2 is 1.96 bits per heavy atom. The molecule has 240 valence electrons. The number of thiazole rings is 1. The number of piperazine rings is 1. The number of aromatic carboxylic acids is 1. The van der Waals surface area contributed by atoms with Crippen molar-refractivity contribution in [3.8, 4) is 0 Å². The van der Waals surface area contributed by atoms with Gasteiger partial charge in [0, 0.05) is 60.6 Å². The number of likely N-dealkylation sites (N-methyl/N-ethyl adjacent to an activating group) is 1. The van der Waals surface area contributed by atoms with E-state index in [1.54, 1.807) is 29.3 Å². The van der Waals surface area contributed by atoms with Crippen LogP contribution in [0.5, 0.6) is 0 Å². The molecule has 6 rings (SSSR count). The normalized spacial score (nSPS) is 22.0. The minimum Gasteiger partial charge on any atom is -0.478 e. The number of carbonyl (C=O) groups is 3. The van der Waals surface area contributed by atoms with Gasteiger partial charge >= 0.3 is 18.0 Å². The Hall–Kier alpha value is -4.17. The van der Waals surface area contributed by atoms with Crippen molar-refractivity contribution in [2.45, 2.75) is 24.5 Å². The molecule has 11 nitrogen and oxygen atoms in total. The smallest absolute Gasteiger partial charge is 0.336 e. The van der Waals surface area contributed by atoms with Crippen molar-refractivity contribution >= 4 is 52.3 Å². The van der Waals surface area contributed by atoms with Crippen LogP contribution in [0.25, 0.3) is 0 Å². The number of halogens is 2. The van der Waals surface area contributed by atoms with Crippen LogP contribution in [0, 0.1) is 5.82 Å². The molecule has 1 aromatic heterocycles. The fourth-order valence-electron chi connectivity index (χ4n) is 6.38. The van der Waals surface area contributed by atoms with Crippen LogP contribution in [-0.2, 0) is 9.53 Å². The van der Waals surface area contributed by atoms with Crippen LogP contribution in [0.1, 0.15) is 33.4 Å². The summed E-state index contributed by atoms with van der Waals surface area (Å²) in [6, 6.07) is 8.94. The van der Waals surface area contributed by atoms with Gasteiger partial charge < -0.3 is 20.1 Å². The number of hydrogen-bond donors (Lipinski definition) is 2. The Balaban J connectivity index is 1.33. The number of benzene rings is 2. The summed E-state index contributed by atoms with van der Waals surface area (Å²) in [5.41, 5.74) is 3.06. The molecule has 0 spiro atoms. The van der Waals surface area contributed by atoms with Crippen LogP contribution in [0.4, 0.5) is 14.9 Å². The third-order valence-corrected chi connectivity index (χ3v) is 9.77. The first-order chi connectivity index (χ1) is 22.2. The molecule has 4 heterocycles. The van der Waals surface area contributed by atoms with E-state index in [0.717, 1.165) is 5.57 Å². The highest BCUT2D eigenvalue weighted by atomic mass is 35.5. The molecule has 3 atom stereocenters. The van der Waals surface area contributed by atoms with E-state index >= 15 is 0 Å². The van der Waals surface area contributed by atoms with Crippen molar-refractivity contribution in [2.24, 2.45) is 4.99 Å². The largest absolute Gasteiger partial charge is 0.478 e. The van der Waals surface area contributed by atoms with Crippen molar-refractivity contribution in [1.29, 1.82) is 0 Å². The molecule has 3 aliphatic rings. The molecule has 46 heavy (non-hydrogen) atoms. The lowest BCUT2D eigenvalue weighted by atomic mass is 9.92. The van der Waals surface area contributed by atoms with Crippen molar-refractivity contribution in [3.63, 3.8) is 0 Å². The van der Waals surface area contributed by atoms with E-state index < -0.39 is 23.8 Å². The number of methoxy groups -OCH3 is 1. The summed E-state index contributed by atoms with van der Waals surface area (Å²) >= 11 is 8.01. The Morgan fingerprint density at radius 1 is 1.17 bits per heavy atom. The number of aromatic nitrogens is 1. The highest BCUT2D eigenvalue weighted by Gasteiger charge is 2.42. The molecule has 0 aliphatic carbocycles. The SMILES string of the molecule is CNC1CC(CN2CCN3C(=O)N(c4ccc(C(=O)O)cc4)C[C@@H]3C2)=C(C(=O)OC)[C@H](c2ccc(F)cc2Cl)N=C1c1nccs1. The minimum absolute atomic E-state index is 0.113. The molecule has 14 heteroatoms. The third kappa shape index (κ3) is 6.15. The number of hydrogen-bond acceptors (Lipinski definition) is 9. The fraction of sp³-hybridized carbons (Fsp3) is 0.344. The quantitative estimate of drug-likeness (QED) is 0.342. The summed E-state index contributed by atoms with van der Waals surface area (Å²) in [5, 5.41) is 15.3. The van der Waals surface area contributed by atoms with Gasteiger partial charge in [-0.1, -0.05) is 17.7 Å². The van der Waals surface area contributed by atoms with Crippen LogP contribution in [0.15, 0.2) is 70.2 Å². The second-order valence-electron chi connectivity index (χ2n) is 11.3. The molecule has 3 aromatic rings. The average Bonchev–Trinajstić information content (AvgIpc) is 3.66. The number of fused-ring (bicyclic) bond motifs is 1. The molecule has 0 bridgehead atoms. The number of carbonyl (C=O) groups excluding carboxylic acids is 2. The summed E-state index contributed by atoms with van der Waals surface area (Å²) in [6.45, 7) is 2.45. The first-order valence-corrected chi connectivity index (χ1v) is 16.0. The minimum atomic E-state index is -1.03. The topological polar surface area (TPSA) is 128 Å². The summed E-state index contributed by atoms with van der Waals surface area (Å²) in [7, 11) is 3.15. The van der Waals surface area contributed by atoms with Crippen LogP contribution >= 0.6 is 22.9 Å². The number of aliphatic imine (C=N–C) groups is 1. The molecule has 0 radical (unpaired) electrons. The lowest BCUT2D eigenvalue weighted by Gasteiger charge is -2.37. The molecular weight excluding hydrogens is 635 g/mol. The second-order valence-corrected chi connectivity index (χ2v) is 12.6. The number of nitrogens with zero attached hydrogens (tertiary/aromatic N) is 5. The van der Waals surface area contributed by atoms with E-state index in [-0.39, 0.29) is 28.7 Å². The summed E-state index contributed by atoms with van der Waals surface area (Å²) < 4.78 is 19.4. The zero-order chi connectivity index (χ0) is 32.5. The van der Waals surface area contributed by atoms with Gasteiger partial charge in [0.1, 0.15) is 16.9 Å². The van der Waals surface area contributed by atoms with Crippen molar-refractivity contribution in [1.82, 2.24) is 20.1 Å². The van der Waals surface area contributed by atoms with Gasteiger partial charge in [-0.3, -0.25) is 14.8 Å². The van der Waals surface area contributed by atoms with E-state index in [9.17, 15) is 23.9 Å². The number of nitrogens with one attached hydrogen (secondary N) is 1. The number of amides is 2. The zero-order valence-corrected chi connectivity index (χ0v) is 26.7. The van der Waals surface area contributed by atoms with Crippen molar-refractivity contribution in [2.75, 3.05) is 51.8 Å². The van der Waals surface area contributed by atoms with E-state index in [1.165, 1.54) is 42.7 Å². The standard InChI is InChI=1S/C32H32ClFN6O5S/c1-35-25-13-19(15-38-10-11-39-22(16-38)17-40(32(39)44)21-6-3-18(4-7-21)30(41)42)26(31(43)45-2)27(23-8-5-20(34)14-24(23)33)37-28(25)29-36-9-12-46-29/h3-9,12,14,22,25,27,35H,10-11,13,15-17H2,1-2H3,(H,41,42)/t22-,25?,27-/m0/s1. The summed E-state index contributed by atoms with van der Waals surface area (Å²) in [6.07, 6.45) is 2.13. The first-order valence-electron chi connectivity index (χ1n) is 14.7. The number of rotatable bonds is 8. The van der Waals surface area contributed by atoms with Crippen LogP contribution in [-0.4, -0.2) is 103 Å². The van der Waals surface area contributed by atoms with Gasteiger partial charge in [0.2, 0.25) is 0 Å². The van der Waals surface area contributed by atoms with E-state index in [4.69, 9.17) is 21.3 Å². The van der Waals surface area contributed by atoms with Gasteiger partial charge in [-0.15, -0.1) is 11.3 Å². The Bertz CT molecular complexity index is 1720. The molecule has 2 fully saturated rings. The van der Waals surface area contributed by atoms with Gasteiger partial charge in [-0.05, 0) is 55.4 Å². The zero-order valence-electron chi connectivity index (χ0n) is 25.2. The lowest BCUT2D eigenvalue weighted by Crippen LogP contribution is -2.52. The predicted octanol–water partition coefficient (Wildman–Crippen LogP) is 4.25. The maximum Gasteiger partial charge on any atom is 0.336 e. The maximum absolute atomic E-state index is 14.1. The van der Waals surface area contributed by atoms with Crippen LogP contribution in [0.3, 0.4) is 0 Å². The number of esters is 1. The molecule has 2 aromatic carbocycles. The van der Waals surface area contributed by atoms with Gasteiger partial charge in [0.05, 0.1) is 36.0 Å². The van der Waals surface area contributed by atoms with Crippen molar-refractivity contribution < 1.29 is 28.6 Å². The van der Waals surface area contributed by atoms with Crippen LogP contribution < -0.4 is 10.2 Å². The van der Waals surface area contributed by atoms with Gasteiger partial charge in [-0.2, -0.15) is 0 Å². The molecule has 2 saturated heterocycles. The summed E-state index contributed by atoms with van der Waals surface area (Å²) in [4.78, 5) is 53.5. The molecule has 0 saturated carbocycles. The average molecular weight is 667 g/mol. The maximum atomic E-state index is 14.1. The first kappa shape index (κ1) is 31.8. The van der Waals surface area contributed by atoms with Gasteiger partial charge in [-0.25, -0.2) is 23.8 Å².